The fraction of sp³-hybridized carbons (Fsp3) is 0.450. The molecular formula is C20H28N5O2S+. The molecule has 0 aliphatic carbocycles. The monoisotopic (exact) mass is 402 g/mol. The standard InChI is InChI=1S/C20H27N5O2S/c1-13(2)10-16(22-19(21)27)18(26)24-20-23-15-8-9-25(12-17(15)28-20)11-14-6-4-3-5-7-14/h3-7,13,16H,8-12H2,1-2H3,(H3,21,22,27)(H,23,24,26)/p+1/t16-/m0/s1. The summed E-state index contributed by atoms with van der Waals surface area (Å²) in [5.41, 5.74) is 7.61. The lowest BCUT2D eigenvalue weighted by Crippen LogP contribution is -3.10. The van der Waals surface area contributed by atoms with Crippen LogP contribution in [0.1, 0.15) is 36.4 Å². The molecular weight excluding hydrogens is 374 g/mol. The molecule has 28 heavy (non-hydrogen) atoms. The van der Waals surface area contributed by atoms with E-state index in [2.05, 4.69) is 39.9 Å². The van der Waals surface area contributed by atoms with E-state index in [0.717, 1.165) is 31.7 Å². The highest BCUT2D eigenvalue weighted by molar-refractivity contribution is 7.15. The number of primary amides is 1. The van der Waals surface area contributed by atoms with Crippen LogP contribution in [0.5, 0.6) is 0 Å². The van der Waals surface area contributed by atoms with Crippen LogP contribution in [-0.2, 0) is 24.3 Å². The first-order valence-electron chi connectivity index (χ1n) is 9.63. The number of rotatable bonds is 7. The molecule has 7 nitrogen and oxygen atoms in total. The summed E-state index contributed by atoms with van der Waals surface area (Å²) in [5, 5.41) is 5.98. The number of nitrogens with zero attached hydrogens (tertiary/aromatic N) is 1. The van der Waals surface area contributed by atoms with Crippen LogP contribution in [0.15, 0.2) is 30.3 Å². The van der Waals surface area contributed by atoms with Gasteiger partial charge in [0.1, 0.15) is 19.1 Å². The fourth-order valence-corrected chi connectivity index (χ4v) is 4.57. The molecule has 150 valence electrons. The van der Waals surface area contributed by atoms with E-state index in [0.29, 0.717) is 11.6 Å². The van der Waals surface area contributed by atoms with Crippen molar-refractivity contribution in [1.29, 1.82) is 0 Å². The Morgan fingerprint density at radius 1 is 1.29 bits per heavy atom. The van der Waals surface area contributed by atoms with E-state index >= 15 is 0 Å². The Hall–Kier alpha value is -2.45. The third-order valence-electron chi connectivity index (χ3n) is 4.77. The van der Waals surface area contributed by atoms with Crippen molar-refractivity contribution in [3.63, 3.8) is 0 Å². The van der Waals surface area contributed by atoms with Gasteiger partial charge >= 0.3 is 6.03 Å². The van der Waals surface area contributed by atoms with Gasteiger partial charge in [-0.25, -0.2) is 9.78 Å². The van der Waals surface area contributed by atoms with Crippen molar-refractivity contribution in [3.05, 3.63) is 46.5 Å². The molecule has 0 spiro atoms. The van der Waals surface area contributed by atoms with Gasteiger partial charge in [-0.1, -0.05) is 55.5 Å². The van der Waals surface area contributed by atoms with Crippen LogP contribution in [-0.4, -0.2) is 29.5 Å². The minimum atomic E-state index is -0.695. The third kappa shape index (κ3) is 5.53. The molecule has 3 rings (SSSR count). The van der Waals surface area contributed by atoms with Crippen molar-refractivity contribution in [2.75, 3.05) is 11.9 Å². The minimum absolute atomic E-state index is 0.252. The van der Waals surface area contributed by atoms with Gasteiger partial charge in [-0.05, 0) is 12.3 Å². The second-order valence-corrected chi connectivity index (χ2v) is 8.74. The molecule has 1 aliphatic heterocycles. The first-order valence-corrected chi connectivity index (χ1v) is 10.4. The van der Waals surface area contributed by atoms with E-state index in [1.165, 1.54) is 26.7 Å². The molecule has 0 saturated heterocycles. The van der Waals surface area contributed by atoms with Gasteiger partial charge in [0, 0.05) is 12.0 Å². The zero-order chi connectivity index (χ0) is 20.1. The van der Waals surface area contributed by atoms with E-state index in [9.17, 15) is 9.59 Å². The number of carbonyl (C=O) groups is 2. The number of hydrogen-bond donors (Lipinski definition) is 4. The number of thiazole rings is 1. The van der Waals surface area contributed by atoms with Crippen LogP contribution < -0.4 is 21.3 Å². The van der Waals surface area contributed by atoms with Crippen molar-refractivity contribution in [3.8, 4) is 0 Å². The number of amides is 3. The molecule has 8 heteroatoms. The molecule has 3 amide bonds. The summed E-state index contributed by atoms with van der Waals surface area (Å²) in [4.78, 5) is 31.1. The molecule has 0 fully saturated rings. The Labute approximate surface area is 169 Å². The van der Waals surface area contributed by atoms with E-state index in [-0.39, 0.29) is 11.8 Å². The van der Waals surface area contributed by atoms with Gasteiger partial charge in [0.15, 0.2) is 5.13 Å². The molecule has 1 aromatic carbocycles. The molecule has 1 aromatic heterocycles. The predicted molar refractivity (Wildman–Crippen MR) is 110 cm³/mol. The number of nitrogens with two attached hydrogens (primary N) is 1. The lowest BCUT2D eigenvalue weighted by molar-refractivity contribution is -0.929. The summed E-state index contributed by atoms with van der Waals surface area (Å²) < 4.78 is 0. The number of fused-ring (bicyclic) bond motifs is 1. The van der Waals surface area contributed by atoms with Crippen LogP contribution >= 0.6 is 11.3 Å². The number of carbonyl (C=O) groups excluding carboxylic acids is 2. The zero-order valence-corrected chi connectivity index (χ0v) is 17.1. The largest absolute Gasteiger partial charge is 0.352 e. The molecule has 5 N–H and O–H groups in total. The fourth-order valence-electron chi connectivity index (χ4n) is 3.48. The number of hydrogen-bond acceptors (Lipinski definition) is 4. The Balaban J connectivity index is 1.63. The summed E-state index contributed by atoms with van der Waals surface area (Å²) in [6, 6.07) is 9.13. The highest BCUT2D eigenvalue weighted by Gasteiger charge is 2.26. The zero-order valence-electron chi connectivity index (χ0n) is 16.3. The number of urea groups is 1. The average Bonchev–Trinajstić information content (AvgIpc) is 3.02. The molecule has 2 atom stereocenters. The van der Waals surface area contributed by atoms with Crippen LogP contribution in [0.3, 0.4) is 0 Å². The van der Waals surface area contributed by atoms with E-state index in [1.54, 1.807) is 0 Å². The first kappa shape index (κ1) is 20.3. The van der Waals surface area contributed by atoms with Crippen molar-refractivity contribution in [2.24, 2.45) is 11.7 Å². The quantitative estimate of drug-likeness (QED) is 0.562. The smallest absolute Gasteiger partial charge is 0.312 e. The van der Waals surface area contributed by atoms with Gasteiger partial charge in [-0.15, -0.1) is 0 Å². The highest BCUT2D eigenvalue weighted by atomic mass is 32.1. The van der Waals surface area contributed by atoms with Gasteiger partial charge in [0.2, 0.25) is 5.91 Å². The molecule has 2 heterocycles. The summed E-state index contributed by atoms with van der Waals surface area (Å²) in [5.74, 6) is -0.0191. The van der Waals surface area contributed by atoms with Gasteiger partial charge < -0.3 is 21.3 Å². The number of aromatic nitrogens is 1. The van der Waals surface area contributed by atoms with E-state index in [1.807, 2.05) is 19.9 Å². The molecule has 2 aromatic rings. The van der Waals surface area contributed by atoms with E-state index in [4.69, 9.17) is 5.73 Å². The molecule has 0 radical (unpaired) electrons. The van der Waals surface area contributed by atoms with Crippen molar-refractivity contribution in [2.45, 2.75) is 45.8 Å². The maximum Gasteiger partial charge on any atom is 0.312 e. The number of quaternary nitrogens is 1. The maximum absolute atomic E-state index is 12.6. The topological polar surface area (TPSA) is 102 Å². The van der Waals surface area contributed by atoms with Crippen LogP contribution in [0.25, 0.3) is 0 Å². The lowest BCUT2D eigenvalue weighted by atomic mass is 10.0. The first-order chi connectivity index (χ1) is 13.4. The second kappa shape index (κ2) is 9.16. The number of benzene rings is 1. The number of anilines is 1. The summed E-state index contributed by atoms with van der Waals surface area (Å²) in [7, 11) is 0. The Morgan fingerprint density at radius 2 is 2.04 bits per heavy atom. The third-order valence-corrected chi connectivity index (χ3v) is 5.78. The predicted octanol–water partition coefficient (Wildman–Crippen LogP) is 1.31. The second-order valence-electron chi connectivity index (χ2n) is 7.66. The van der Waals surface area contributed by atoms with Gasteiger partial charge in [0.05, 0.1) is 17.1 Å². The number of nitrogens with one attached hydrogen (secondary N) is 3. The molecule has 0 saturated carbocycles. The molecule has 0 bridgehead atoms. The van der Waals surface area contributed by atoms with Crippen molar-refractivity contribution in [1.82, 2.24) is 10.3 Å². The maximum atomic E-state index is 12.6. The average molecular weight is 403 g/mol. The van der Waals surface area contributed by atoms with Crippen LogP contribution in [0, 0.1) is 5.92 Å². The summed E-state index contributed by atoms with van der Waals surface area (Å²) in [6.45, 7) is 6.91. The molecule has 1 unspecified atom stereocenters. The Kier molecular flexibility index (Phi) is 6.64. The van der Waals surface area contributed by atoms with Gasteiger partial charge in [0.25, 0.3) is 0 Å². The van der Waals surface area contributed by atoms with Gasteiger partial charge in [-0.2, -0.15) is 0 Å². The van der Waals surface area contributed by atoms with Crippen molar-refractivity contribution >= 4 is 28.4 Å². The highest BCUT2D eigenvalue weighted by Crippen LogP contribution is 2.24. The van der Waals surface area contributed by atoms with Gasteiger partial charge in [-0.3, -0.25) is 4.79 Å². The lowest BCUT2D eigenvalue weighted by Gasteiger charge is -2.22. The van der Waals surface area contributed by atoms with E-state index < -0.39 is 12.1 Å². The van der Waals surface area contributed by atoms with Crippen LogP contribution in [0.4, 0.5) is 9.93 Å². The minimum Gasteiger partial charge on any atom is -0.352 e. The normalized spacial score (nSPS) is 17.0. The SMILES string of the molecule is CC(C)C[C@H](NC(N)=O)C(=O)Nc1nc2c(s1)C[NH+](Cc1ccccc1)CC2. The molecule has 1 aliphatic rings. The van der Waals surface area contributed by atoms with Crippen molar-refractivity contribution < 1.29 is 14.5 Å². The summed E-state index contributed by atoms with van der Waals surface area (Å²) in [6.07, 6.45) is 1.42. The Morgan fingerprint density at radius 3 is 2.71 bits per heavy atom. The Bertz CT molecular complexity index is 821. The van der Waals surface area contributed by atoms with Crippen LogP contribution in [0.2, 0.25) is 0 Å². The summed E-state index contributed by atoms with van der Waals surface area (Å²) >= 11 is 1.53.